The molecule has 2 rings (SSSR count). The molecule has 120 valence electrons. The molecule has 0 aliphatic carbocycles. The summed E-state index contributed by atoms with van der Waals surface area (Å²) >= 11 is 1.32. The van der Waals surface area contributed by atoms with Gasteiger partial charge in [-0.25, -0.2) is 4.39 Å². The lowest BCUT2D eigenvalue weighted by Gasteiger charge is -2.09. The van der Waals surface area contributed by atoms with Crippen molar-refractivity contribution in [3.05, 3.63) is 46.4 Å². The van der Waals surface area contributed by atoms with Gasteiger partial charge in [-0.15, -0.1) is 11.3 Å². The van der Waals surface area contributed by atoms with E-state index in [9.17, 15) is 18.8 Å². The van der Waals surface area contributed by atoms with E-state index in [0.717, 1.165) is 6.07 Å². The number of benzene rings is 1. The zero-order valence-electron chi connectivity index (χ0n) is 12.4. The van der Waals surface area contributed by atoms with E-state index in [1.165, 1.54) is 30.4 Å². The van der Waals surface area contributed by atoms with Crippen molar-refractivity contribution < 1.29 is 18.8 Å². The number of halogens is 1. The smallest absolute Gasteiger partial charge is 0.224 e. The molecular formula is C16H15FN2O3S. The second-order valence-corrected chi connectivity index (χ2v) is 5.77. The maximum atomic E-state index is 13.7. The molecule has 0 radical (unpaired) electrons. The topological polar surface area (TPSA) is 75.3 Å². The highest BCUT2D eigenvalue weighted by atomic mass is 32.1. The largest absolute Gasteiger partial charge is 0.326 e. The summed E-state index contributed by atoms with van der Waals surface area (Å²) in [6.45, 7) is 1.33. The van der Waals surface area contributed by atoms with Crippen molar-refractivity contribution in [1.29, 1.82) is 0 Å². The minimum Gasteiger partial charge on any atom is -0.326 e. The fourth-order valence-electron chi connectivity index (χ4n) is 1.90. The van der Waals surface area contributed by atoms with Gasteiger partial charge in [0.15, 0.2) is 5.78 Å². The van der Waals surface area contributed by atoms with Crippen LogP contribution >= 0.6 is 11.3 Å². The summed E-state index contributed by atoms with van der Waals surface area (Å²) in [4.78, 5) is 35.3. The highest BCUT2D eigenvalue weighted by Crippen LogP contribution is 2.20. The molecule has 0 fully saturated rings. The zero-order valence-corrected chi connectivity index (χ0v) is 13.2. The van der Waals surface area contributed by atoms with Crippen LogP contribution in [0.2, 0.25) is 0 Å². The summed E-state index contributed by atoms with van der Waals surface area (Å²) in [7, 11) is 0. The van der Waals surface area contributed by atoms with E-state index < -0.39 is 11.7 Å². The molecule has 0 bridgehead atoms. The number of carbonyl (C=O) groups excluding carboxylic acids is 3. The number of amides is 2. The van der Waals surface area contributed by atoms with Crippen LogP contribution in [0, 0.1) is 5.82 Å². The second kappa shape index (κ2) is 7.64. The third kappa shape index (κ3) is 5.00. The molecule has 2 amide bonds. The Balaban J connectivity index is 1.94. The fourth-order valence-corrected chi connectivity index (χ4v) is 2.60. The number of thiophene rings is 1. The Kier molecular flexibility index (Phi) is 5.59. The Morgan fingerprint density at radius 1 is 1.13 bits per heavy atom. The third-order valence-electron chi connectivity index (χ3n) is 2.94. The molecule has 0 aliphatic rings. The Bertz CT molecular complexity index is 729. The summed E-state index contributed by atoms with van der Waals surface area (Å²) < 4.78 is 13.7. The lowest BCUT2D eigenvalue weighted by Crippen LogP contribution is -2.15. The van der Waals surface area contributed by atoms with E-state index in [-0.39, 0.29) is 30.2 Å². The highest BCUT2D eigenvalue weighted by molar-refractivity contribution is 7.12. The number of carbonyl (C=O) groups is 3. The quantitative estimate of drug-likeness (QED) is 0.795. The van der Waals surface area contributed by atoms with Crippen molar-refractivity contribution in [2.45, 2.75) is 19.8 Å². The summed E-state index contributed by atoms with van der Waals surface area (Å²) in [5.41, 5.74) is 0.341. The summed E-state index contributed by atoms with van der Waals surface area (Å²) in [5, 5.41) is 6.70. The fraction of sp³-hybridized carbons (Fsp3) is 0.188. The van der Waals surface area contributed by atoms with E-state index in [1.54, 1.807) is 17.5 Å². The van der Waals surface area contributed by atoms with Gasteiger partial charge in [0.05, 0.1) is 10.6 Å². The molecule has 1 aromatic carbocycles. The maximum absolute atomic E-state index is 13.7. The van der Waals surface area contributed by atoms with Crippen LogP contribution in [0.5, 0.6) is 0 Å². The number of hydrogen-bond donors (Lipinski definition) is 2. The molecule has 23 heavy (non-hydrogen) atoms. The number of nitrogens with one attached hydrogen (secondary N) is 2. The van der Waals surface area contributed by atoms with Gasteiger partial charge < -0.3 is 10.6 Å². The van der Waals surface area contributed by atoms with Gasteiger partial charge >= 0.3 is 0 Å². The average molecular weight is 334 g/mol. The number of Topliss-reactive ketones (excluding diaryl/α,β-unsaturated/α-hetero) is 1. The molecule has 0 unspecified atom stereocenters. The first kappa shape index (κ1) is 16.8. The zero-order chi connectivity index (χ0) is 16.8. The van der Waals surface area contributed by atoms with Crippen molar-refractivity contribution in [1.82, 2.24) is 0 Å². The van der Waals surface area contributed by atoms with Crippen LogP contribution in [-0.2, 0) is 9.59 Å². The molecule has 0 aliphatic heterocycles. The van der Waals surface area contributed by atoms with Crippen LogP contribution in [0.4, 0.5) is 15.8 Å². The van der Waals surface area contributed by atoms with Crippen LogP contribution in [-0.4, -0.2) is 17.6 Å². The molecule has 0 spiro atoms. The predicted octanol–water partition coefficient (Wildman–Crippen LogP) is 3.45. The maximum Gasteiger partial charge on any atom is 0.224 e. The first-order valence-corrected chi connectivity index (χ1v) is 7.77. The van der Waals surface area contributed by atoms with E-state index in [1.807, 2.05) is 0 Å². The number of ketones is 1. The Morgan fingerprint density at radius 2 is 1.91 bits per heavy atom. The summed E-state index contributed by atoms with van der Waals surface area (Å²) in [5.74, 6) is -1.50. The molecule has 1 aromatic heterocycles. The van der Waals surface area contributed by atoms with Crippen LogP contribution in [0.15, 0.2) is 35.7 Å². The standard InChI is InChI=1S/C16H15FN2O3S/c1-10(20)18-11-4-5-12(17)13(9-11)19-16(22)7-6-14(21)15-3-2-8-23-15/h2-5,8-9H,6-7H2,1H3,(H,18,20)(H,19,22). The minimum atomic E-state index is -0.614. The first-order chi connectivity index (χ1) is 11.0. The molecule has 7 heteroatoms. The minimum absolute atomic E-state index is 0.0372. The van der Waals surface area contributed by atoms with E-state index >= 15 is 0 Å². The predicted molar refractivity (Wildman–Crippen MR) is 87.2 cm³/mol. The number of hydrogen-bond acceptors (Lipinski definition) is 4. The van der Waals surface area contributed by atoms with Crippen LogP contribution in [0.25, 0.3) is 0 Å². The molecule has 0 saturated heterocycles. The van der Waals surface area contributed by atoms with E-state index in [2.05, 4.69) is 10.6 Å². The highest BCUT2D eigenvalue weighted by Gasteiger charge is 2.12. The van der Waals surface area contributed by atoms with Crippen molar-refractivity contribution in [3.63, 3.8) is 0 Å². The monoisotopic (exact) mass is 334 g/mol. The van der Waals surface area contributed by atoms with Crippen molar-refractivity contribution in [2.75, 3.05) is 10.6 Å². The van der Waals surface area contributed by atoms with Crippen molar-refractivity contribution in [2.24, 2.45) is 0 Å². The van der Waals surface area contributed by atoms with E-state index in [4.69, 9.17) is 0 Å². The van der Waals surface area contributed by atoms with Gasteiger partial charge in [0, 0.05) is 25.5 Å². The molecule has 0 atom stereocenters. The van der Waals surface area contributed by atoms with Gasteiger partial charge in [0.2, 0.25) is 11.8 Å². The Morgan fingerprint density at radius 3 is 2.57 bits per heavy atom. The lowest BCUT2D eigenvalue weighted by molar-refractivity contribution is -0.116. The molecular weight excluding hydrogens is 319 g/mol. The molecule has 2 aromatic rings. The Hall–Kier alpha value is -2.54. The van der Waals surface area contributed by atoms with Crippen LogP contribution in [0.3, 0.4) is 0 Å². The molecule has 5 nitrogen and oxygen atoms in total. The van der Waals surface area contributed by atoms with Gasteiger partial charge in [0.1, 0.15) is 5.82 Å². The SMILES string of the molecule is CC(=O)Nc1ccc(F)c(NC(=O)CCC(=O)c2cccs2)c1. The third-order valence-corrected chi connectivity index (χ3v) is 3.85. The Labute approximate surface area is 136 Å². The average Bonchev–Trinajstić information content (AvgIpc) is 3.02. The molecule has 0 saturated carbocycles. The van der Waals surface area contributed by atoms with Gasteiger partial charge in [-0.3, -0.25) is 14.4 Å². The van der Waals surface area contributed by atoms with Gasteiger partial charge in [-0.05, 0) is 29.6 Å². The van der Waals surface area contributed by atoms with E-state index in [0.29, 0.717) is 10.6 Å². The number of anilines is 2. The lowest BCUT2D eigenvalue weighted by atomic mass is 10.2. The number of rotatable bonds is 6. The van der Waals surface area contributed by atoms with Crippen molar-refractivity contribution in [3.8, 4) is 0 Å². The van der Waals surface area contributed by atoms with Crippen LogP contribution in [0.1, 0.15) is 29.4 Å². The van der Waals surface area contributed by atoms with Crippen LogP contribution < -0.4 is 10.6 Å². The van der Waals surface area contributed by atoms with Gasteiger partial charge in [-0.1, -0.05) is 6.07 Å². The normalized spacial score (nSPS) is 10.2. The first-order valence-electron chi connectivity index (χ1n) is 6.89. The summed E-state index contributed by atoms with van der Waals surface area (Å²) in [6.07, 6.45) is 0.0138. The van der Waals surface area contributed by atoms with Gasteiger partial charge in [0.25, 0.3) is 0 Å². The van der Waals surface area contributed by atoms with Gasteiger partial charge in [-0.2, -0.15) is 0 Å². The molecule has 2 N–H and O–H groups in total. The second-order valence-electron chi connectivity index (χ2n) is 4.82. The summed E-state index contributed by atoms with van der Waals surface area (Å²) in [6, 6.07) is 7.34. The molecule has 1 heterocycles. The van der Waals surface area contributed by atoms with Crippen molar-refractivity contribution >= 4 is 40.3 Å².